The van der Waals surface area contributed by atoms with Gasteiger partial charge in [-0.05, 0) is 41.5 Å². The van der Waals surface area contributed by atoms with Gasteiger partial charge in [0, 0.05) is 6.42 Å². The van der Waals surface area contributed by atoms with E-state index in [2.05, 4.69) is 0 Å². The van der Waals surface area contributed by atoms with Crippen molar-refractivity contribution in [3.63, 3.8) is 0 Å². The summed E-state index contributed by atoms with van der Waals surface area (Å²) in [4.78, 5) is 32.2. The van der Waals surface area contributed by atoms with Crippen LogP contribution in [0.25, 0.3) is 10.8 Å². The number of carboxylic acids is 3. The minimum Gasteiger partial charge on any atom is -0.482 e. The maximum Gasteiger partial charge on any atom is 0.341 e. The van der Waals surface area contributed by atoms with E-state index in [4.69, 9.17) is 20.1 Å². The van der Waals surface area contributed by atoms with Gasteiger partial charge < -0.3 is 20.1 Å². The quantitative estimate of drug-likeness (QED) is 0.444. The predicted octanol–water partition coefficient (Wildman–Crippen LogP) is 0.899. The normalized spacial score (nSPS) is 12.4. The van der Waals surface area contributed by atoms with E-state index < -0.39 is 53.4 Å². The molecule has 2 aromatic carbocycles. The van der Waals surface area contributed by atoms with Crippen LogP contribution in [-0.2, 0) is 24.4 Å². The van der Waals surface area contributed by atoms with Crippen LogP contribution in [0.2, 0.25) is 0 Å². The lowest BCUT2D eigenvalue weighted by Gasteiger charge is -2.14. The Hall–Kier alpha value is -3.18. The Balaban J connectivity index is 2.24. The number of rotatable bonds is 10. The fourth-order valence-corrected chi connectivity index (χ4v) is 3.62. The number of ether oxygens (including phenoxy) is 1. The van der Waals surface area contributed by atoms with Crippen LogP contribution >= 0.6 is 0 Å². The van der Waals surface area contributed by atoms with Gasteiger partial charge >= 0.3 is 17.9 Å². The molecule has 0 heterocycles. The van der Waals surface area contributed by atoms with E-state index in [1.807, 2.05) is 4.72 Å². The summed E-state index contributed by atoms with van der Waals surface area (Å²) < 4.78 is 32.0. The fraction of sp³-hybridized carbons (Fsp3) is 0.235. The van der Waals surface area contributed by atoms with Gasteiger partial charge in [-0.15, -0.1) is 0 Å². The molecule has 0 aliphatic carbocycles. The Kier molecular flexibility index (Phi) is 6.54. The van der Waals surface area contributed by atoms with Crippen molar-refractivity contribution in [3.05, 3.63) is 36.4 Å². The molecule has 2 rings (SSSR count). The maximum atomic E-state index is 12.5. The molecule has 150 valence electrons. The molecular formula is C17H17NO9S. The SMILES string of the molecule is O=C(O)CC[C@@H](NS(=O)(=O)c1ccc2cc(OCC(=O)O)ccc2c1)C(=O)O. The van der Waals surface area contributed by atoms with E-state index in [0.29, 0.717) is 16.5 Å². The zero-order valence-electron chi connectivity index (χ0n) is 14.4. The molecule has 0 aliphatic heterocycles. The van der Waals surface area contributed by atoms with Crippen LogP contribution in [-0.4, -0.2) is 54.3 Å². The summed E-state index contributed by atoms with van der Waals surface area (Å²) in [5.74, 6) is -3.56. The largest absolute Gasteiger partial charge is 0.482 e. The van der Waals surface area contributed by atoms with Crippen molar-refractivity contribution in [2.45, 2.75) is 23.8 Å². The van der Waals surface area contributed by atoms with Crippen LogP contribution in [0.3, 0.4) is 0 Å². The van der Waals surface area contributed by atoms with Crippen molar-refractivity contribution in [1.29, 1.82) is 0 Å². The third kappa shape index (κ3) is 5.66. The molecule has 0 fully saturated rings. The second kappa shape index (κ2) is 8.67. The topological polar surface area (TPSA) is 167 Å². The first-order valence-corrected chi connectivity index (χ1v) is 9.42. The molecule has 0 spiro atoms. The summed E-state index contributed by atoms with van der Waals surface area (Å²) in [5.41, 5.74) is 0. The molecule has 11 heteroatoms. The highest BCUT2D eigenvalue weighted by atomic mass is 32.2. The van der Waals surface area contributed by atoms with Crippen molar-refractivity contribution in [2.24, 2.45) is 0 Å². The zero-order valence-corrected chi connectivity index (χ0v) is 15.2. The van der Waals surface area contributed by atoms with Crippen LogP contribution in [0.1, 0.15) is 12.8 Å². The number of aliphatic carboxylic acids is 3. The van der Waals surface area contributed by atoms with Gasteiger partial charge in [-0.25, -0.2) is 13.2 Å². The highest BCUT2D eigenvalue weighted by molar-refractivity contribution is 7.89. The lowest BCUT2D eigenvalue weighted by Crippen LogP contribution is -2.41. The standard InChI is InChI=1S/C17H17NO9S/c19-15(20)6-5-14(17(23)24)18-28(25,26)13-4-2-10-7-12(27-9-16(21)22)3-1-11(10)8-13/h1-4,7-8,14,18H,5-6,9H2,(H,19,20)(H,21,22)(H,23,24)/t14-/m1/s1. The molecule has 28 heavy (non-hydrogen) atoms. The molecule has 4 N–H and O–H groups in total. The van der Waals surface area contributed by atoms with Gasteiger partial charge in [-0.3, -0.25) is 9.59 Å². The zero-order chi connectivity index (χ0) is 20.9. The van der Waals surface area contributed by atoms with Gasteiger partial charge in [0.2, 0.25) is 10.0 Å². The van der Waals surface area contributed by atoms with E-state index >= 15 is 0 Å². The summed E-state index contributed by atoms with van der Waals surface area (Å²) in [6, 6.07) is 6.99. The average molecular weight is 411 g/mol. The molecule has 0 saturated heterocycles. The monoisotopic (exact) mass is 411 g/mol. The lowest BCUT2D eigenvalue weighted by atomic mass is 10.1. The van der Waals surface area contributed by atoms with Crippen LogP contribution in [0.4, 0.5) is 0 Å². The first-order valence-electron chi connectivity index (χ1n) is 7.94. The van der Waals surface area contributed by atoms with Crippen molar-refractivity contribution < 1.29 is 42.9 Å². The Bertz CT molecular complexity index is 1020. The minimum absolute atomic E-state index is 0.194. The first-order chi connectivity index (χ1) is 13.1. The molecule has 0 radical (unpaired) electrons. The minimum atomic E-state index is -4.21. The summed E-state index contributed by atoms with van der Waals surface area (Å²) in [6.07, 6.45) is -0.905. The smallest absolute Gasteiger partial charge is 0.341 e. The van der Waals surface area contributed by atoms with Gasteiger partial charge in [0.25, 0.3) is 0 Å². The first kappa shape index (κ1) is 21.1. The summed E-state index contributed by atoms with van der Waals surface area (Å²) in [6.45, 7) is -0.519. The Labute approximate surface area is 159 Å². The maximum absolute atomic E-state index is 12.5. The second-order valence-electron chi connectivity index (χ2n) is 5.80. The molecule has 0 unspecified atom stereocenters. The van der Waals surface area contributed by atoms with E-state index in [1.165, 1.54) is 36.4 Å². The van der Waals surface area contributed by atoms with Gasteiger partial charge in [0.05, 0.1) is 4.90 Å². The van der Waals surface area contributed by atoms with E-state index in [1.54, 1.807) is 0 Å². The number of nitrogens with one attached hydrogen (secondary N) is 1. The number of fused-ring (bicyclic) bond motifs is 1. The van der Waals surface area contributed by atoms with Crippen molar-refractivity contribution >= 4 is 38.7 Å². The lowest BCUT2D eigenvalue weighted by molar-refractivity contribution is -0.141. The second-order valence-corrected chi connectivity index (χ2v) is 7.51. The molecule has 1 atom stereocenters. The Morgan fingerprint density at radius 3 is 2.21 bits per heavy atom. The molecule has 0 aromatic heterocycles. The number of carboxylic acid groups (broad SMARTS) is 3. The van der Waals surface area contributed by atoms with Crippen LogP contribution in [0.15, 0.2) is 41.3 Å². The molecule has 0 amide bonds. The Morgan fingerprint density at radius 1 is 0.964 bits per heavy atom. The van der Waals surface area contributed by atoms with Crippen LogP contribution < -0.4 is 9.46 Å². The average Bonchev–Trinajstić information content (AvgIpc) is 2.62. The van der Waals surface area contributed by atoms with E-state index in [0.717, 1.165) is 0 Å². The predicted molar refractivity (Wildman–Crippen MR) is 95.7 cm³/mol. The van der Waals surface area contributed by atoms with Gasteiger partial charge in [-0.2, -0.15) is 4.72 Å². The van der Waals surface area contributed by atoms with Crippen LogP contribution in [0, 0.1) is 0 Å². The molecular weight excluding hydrogens is 394 g/mol. The number of sulfonamides is 1. The summed E-state index contributed by atoms with van der Waals surface area (Å²) >= 11 is 0. The van der Waals surface area contributed by atoms with E-state index in [-0.39, 0.29) is 4.90 Å². The van der Waals surface area contributed by atoms with Crippen molar-refractivity contribution in [2.75, 3.05) is 6.61 Å². The van der Waals surface area contributed by atoms with Crippen molar-refractivity contribution in [1.82, 2.24) is 4.72 Å². The van der Waals surface area contributed by atoms with Gasteiger partial charge in [-0.1, -0.05) is 12.1 Å². The van der Waals surface area contributed by atoms with Crippen LogP contribution in [0.5, 0.6) is 5.75 Å². The highest BCUT2D eigenvalue weighted by Crippen LogP contribution is 2.24. The van der Waals surface area contributed by atoms with Gasteiger partial charge in [0.15, 0.2) is 6.61 Å². The molecule has 0 aliphatic rings. The Morgan fingerprint density at radius 2 is 1.61 bits per heavy atom. The number of hydrogen-bond acceptors (Lipinski definition) is 6. The van der Waals surface area contributed by atoms with Crippen molar-refractivity contribution in [3.8, 4) is 5.75 Å². The van der Waals surface area contributed by atoms with Gasteiger partial charge in [0.1, 0.15) is 11.8 Å². The fourth-order valence-electron chi connectivity index (χ4n) is 2.36. The molecule has 10 nitrogen and oxygen atoms in total. The number of benzene rings is 2. The molecule has 0 bridgehead atoms. The third-order valence-corrected chi connectivity index (χ3v) is 5.17. The number of hydrogen-bond donors (Lipinski definition) is 4. The summed E-state index contributed by atoms with van der Waals surface area (Å²) in [5, 5.41) is 27.5. The number of carbonyl (C=O) groups is 3. The molecule has 2 aromatic rings. The summed E-state index contributed by atoms with van der Waals surface area (Å²) in [7, 11) is -4.21. The highest BCUT2D eigenvalue weighted by Gasteiger charge is 2.26. The third-order valence-electron chi connectivity index (χ3n) is 3.70. The van der Waals surface area contributed by atoms with E-state index in [9.17, 15) is 22.8 Å². The molecule has 0 saturated carbocycles.